The minimum atomic E-state index is -4.88. The molecule has 3 saturated heterocycles. The van der Waals surface area contributed by atoms with E-state index in [0.29, 0.717) is 39.0 Å². The average molecular weight is 616 g/mol. The number of carbonyl (C=O) groups is 1. The molecule has 0 aliphatic carbocycles. The number of amides is 1. The van der Waals surface area contributed by atoms with Gasteiger partial charge in [-0.2, -0.15) is 18.3 Å². The van der Waals surface area contributed by atoms with Crippen LogP contribution in [0.3, 0.4) is 0 Å². The van der Waals surface area contributed by atoms with Crippen molar-refractivity contribution in [3.05, 3.63) is 60.3 Å². The first-order valence-electron chi connectivity index (χ1n) is 14.3. The summed E-state index contributed by atoms with van der Waals surface area (Å²) in [5, 5.41) is 5.44. The van der Waals surface area contributed by atoms with Gasteiger partial charge in [0, 0.05) is 75.1 Å². The molecule has 3 aliphatic rings. The third-order valence-electron chi connectivity index (χ3n) is 8.46. The van der Waals surface area contributed by atoms with Crippen LogP contribution in [0.4, 0.5) is 22.0 Å². The van der Waals surface area contributed by atoms with Crippen LogP contribution in [0.5, 0.6) is 0 Å². The van der Waals surface area contributed by atoms with E-state index < -0.39 is 30.4 Å². The summed E-state index contributed by atoms with van der Waals surface area (Å²) in [6.07, 6.45) is 3.11. The molecule has 4 aromatic heterocycles. The van der Waals surface area contributed by atoms with Gasteiger partial charge in [0.05, 0.1) is 24.1 Å². The van der Waals surface area contributed by atoms with Crippen molar-refractivity contribution in [1.29, 1.82) is 0 Å². The monoisotopic (exact) mass is 615 g/mol. The molecular weight excluding hydrogens is 587 g/mol. The van der Waals surface area contributed by atoms with Crippen LogP contribution in [0, 0.1) is 6.04 Å². The summed E-state index contributed by atoms with van der Waals surface area (Å²) in [6, 6.07) is 4.45. The number of likely N-dealkylation sites (tertiary alicyclic amines) is 3. The molecule has 0 atom stereocenters. The van der Waals surface area contributed by atoms with E-state index in [4.69, 9.17) is 0 Å². The summed E-state index contributed by atoms with van der Waals surface area (Å²) in [5.74, 6) is -4.96. The number of fused-ring (bicyclic) bond motifs is 1. The largest absolute Gasteiger partial charge is 0.451 e. The summed E-state index contributed by atoms with van der Waals surface area (Å²) in [6.45, 7) is 1.40. The molecule has 11 nitrogen and oxygen atoms in total. The fourth-order valence-corrected chi connectivity index (χ4v) is 6.13. The molecule has 0 saturated carbocycles. The number of H-pyrrole nitrogens is 1. The Morgan fingerprint density at radius 1 is 1.09 bits per heavy atom. The van der Waals surface area contributed by atoms with Gasteiger partial charge >= 0.3 is 6.18 Å². The SMILES string of the molecule is O=C(c1cc(CN2CCC(F)(F)C2)nc(C(F)(F)F)n1)N1CCC(N2C[C](n3cc(-c4ncnc5[nH]ccc45)cn3)C2)CC1. The molecule has 3 aliphatic heterocycles. The molecule has 7 rings (SSSR count). The van der Waals surface area contributed by atoms with Crippen LogP contribution >= 0.6 is 0 Å². The predicted octanol–water partition coefficient (Wildman–Crippen LogP) is 3.47. The standard InChI is InChI=1S/C28H28F5N10O/c29-27(30)4-8-40(15-27)12-18-9-22(39-26(38-18)28(31,32)33)25(44)41-6-2-19(3-7-41)42-13-20(14-42)43-11-17(10-37-43)23-21-1-5-34-24(21)36-16-35-23/h1,5,9-11,16,19H,2-4,6-8,12-15H2,(H,34,35,36). The molecule has 16 heteroatoms. The number of aromatic nitrogens is 7. The lowest BCUT2D eigenvalue weighted by Crippen LogP contribution is -2.56. The summed E-state index contributed by atoms with van der Waals surface area (Å²) in [4.78, 5) is 37.2. The lowest BCUT2D eigenvalue weighted by Gasteiger charge is -2.46. The summed E-state index contributed by atoms with van der Waals surface area (Å²) < 4.78 is 69.8. The van der Waals surface area contributed by atoms with Crippen LogP contribution in [0.2, 0.25) is 0 Å². The maximum absolute atomic E-state index is 13.6. The highest BCUT2D eigenvalue weighted by Crippen LogP contribution is 2.32. The van der Waals surface area contributed by atoms with Crippen LogP contribution in [-0.2, 0) is 12.7 Å². The zero-order valence-electron chi connectivity index (χ0n) is 23.4. The highest BCUT2D eigenvalue weighted by atomic mass is 19.4. The third-order valence-corrected chi connectivity index (χ3v) is 8.46. The molecule has 231 valence electrons. The van der Waals surface area contributed by atoms with Crippen LogP contribution in [-0.4, -0.2) is 107 Å². The number of halogens is 5. The smallest absolute Gasteiger partial charge is 0.346 e. The fraction of sp³-hybridized carbons (Fsp3) is 0.464. The zero-order chi connectivity index (χ0) is 30.6. The maximum Gasteiger partial charge on any atom is 0.451 e. The van der Waals surface area contributed by atoms with Crippen molar-refractivity contribution in [3.8, 4) is 11.3 Å². The van der Waals surface area contributed by atoms with E-state index in [9.17, 15) is 26.7 Å². The van der Waals surface area contributed by atoms with Crippen LogP contribution in [0.1, 0.15) is 41.3 Å². The molecule has 0 unspecified atom stereocenters. The van der Waals surface area contributed by atoms with Gasteiger partial charge < -0.3 is 9.88 Å². The molecule has 1 amide bonds. The van der Waals surface area contributed by atoms with Crippen LogP contribution in [0.15, 0.2) is 37.1 Å². The minimum Gasteiger partial charge on any atom is -0.346 e. The van der Waals surface area contributed by atoms with Gasteiger partial charge in [0.2, 0.25) is 5.82 Å². The predicted molar refractivity (Wildman–Crippen MR) is 146 cm³/mol. The van der Waals surface area contributed by atoms with E-state index in [1.165, 1.54) is 22.2 Å². The molecule has 7 heterocycles. The second kappa shape index (κ2) is 10.8. The number of carbonyl (C=O) groups excluding carboxylic acids is 1. The molecule has 4 aromatic rings. The Balaban J connectivity index is 0.960. The van der Waals surface area contributed by atoms with Gasteiger partial charge in [0.15, 0.2) is 0 Å². The van der Waals surface area contributed by atoms with E-state index in [1.54, 1.807) is 6.20 Å². The second-order valence-electron chi connectivity index (χ2n) is 11.5. The van der Waals surface area contributed by atoms with Gasteiger partial charge in [0.1, 0.15) is 23.7 Å². The molecule has 0 bridgehead atoms. The number of aromatic amines is 1. The third kappa shape index (κ3) is 5.63. The van der Waals surface area contributed by atoms with Crippen molar-refractivity contribution >= 4 is 16.9 Å². The van der Waals surface area contributed by atoms with E-state index >= 15 is 0 Å². The van der Waals surface area contributed by atoms with Gasteiger partial charge in [-0.1, -0.05) is 0 Å². The molecule has 1 N–H and O–H groups in total. The lowest BCUT2D eigenvalue weighted by atomic mass is 9.97. The number of hydrogen-bond acceptors (Lipinski definition) is 8. The number of nitrogens with zero attached hydrogens (tertiary/aromatic N) is 9. The molecule has 44 heavy (non-hydrogen) atoms. The number of piperidine rings is 1. The zero-order valence-corrected chi connectivity index (χ0v) is 23.4. The number of hydrogen-bond donors (Lipinski definition) is 1. The minimum absolute atomic E-state index is 0.0331. The quantitative estimate of drug-likeness (QED) is 0.329. The Morgan fingerprint density at radius 2 is 1.89 bits per heavy atom. The molecule has 1 radical (unpaired) electrons. The van der Waals surface area contributed by atoms with E-state index in [2.05, 4.69) is 34.9 Å². The molecule has 0 aromatic carbocycles. The summed E-state index contributed by atoms with van der Waals surface area (Å²) in [5.41, 5.74) is 1.96. The average Bonchev–Trinajstić information content (AvgIpc) is 3.71. The lowest BCUT2D eigenvalue weighted by molar-refractivity contribution is -0.145. The van der Waals surface area contributed by atoms with Crippen molar-refractivity contribution in [2.45, 2.75) is 43.9 Å². The van der Waals surface area contributed by atoms with Crippen molar-refractivity contribution in [1.82, 2.24) is 49.4 Å². The topological polar surface area (TPSA) is 112 Å². The van der Waals surface area contributed by atoms with Gasteiger partial charge in [-0.15, -0.1) is 0 Å². The highest BCUT2D eigenvalue weighted by Gasteiger charge is 2.41. The Hall–Kier alpha value is -4.05. The maximum atomic E-state index is 13.6. The Kier molecular flexibility index (Phi) is 7.07. The molecule has 0 spiro atoms. The van der Waals surface area contributed by atoms with Crippen LogP contribution in [0.25, 0.3) is 22.3 Å². The van der Waals surface area contributed by atoms with E-state index in [0.717, 1.165) is 28.3 Å². The summed E-state index contributed by atoms with van der Waals surface area (Å²) in [7, 11) is 0. The van der Waals surface area contributed by atoms with Gasteiger partial charge in [0.25, 0.3) is 11.8 Å². The first kappa shape index (κ1) is 28.7. The van der Waals surface area contributed by atoms with Gasteiger partial charge in [-0.3, -0.25) is 19.3 Å². The molecular formula is C28H28F5N10O. The van der Waals surface area contributed by atoms with Crippen molar-refractivity contribution in [2.75, 3.05) is 39.3 Å². The first-order chi connectivity index (χ1) is 21.0. The van der Waals surface area contributed by atoms with Gasteiger partial charge in [-0.25, -0.2) is 28.7 Å². The molecule has 3 fully saturated rings. The van der Waals surface area contributed by atoms with Crippen molar-refractivity contribution in [2.24, 2.45) is 0 Å². The summed E-state index contributed by atoms with van der Waals surface area (Å²) >= 11 is 0. The fourth-order valence-electron chi connectivity index (χ4n) is 6.13. The van der Waals surface area contributed by atoms with E-state index in [1.807, 2.05) is 23.1 Å². The number of alkyl halides is 5. The Labute approximate surface area is 248 Å². The highest BCUT2D eigenvalue weighted by molar-refractivity contribution is 5.92. The van der Waals surface area contributed by atoms with Crippen LogP contribution < -0.4 is 0 Å². The number of nitrogens with one attached hydrogen (secondary N) is 1. The first-order valence-corrected chi connectivity index (χ1v) is 14.3. The van der Waals surface area contributed by atoms with Crippen molar-refractivity contribution < 1.29 is 26.7 Å². The van der Waals surface area contributed by atoms with E-state index in [-0.39, 0.29) is 36.9 Å². The Bertz CT molecular complexity index is 1670. The number of rotatable bonds is 6. The van der Waals surface area contributed by atoms with Gasteiger partial charge in [-0.05, 0) is 25.0 Å². The second-order valence-corrected chi connectivity index (χ2v) is 11.5. The van der Waals surface area contributed by atoms with Crippen molar-refractivity contribution in [3.63, 3.8) is 0 Å². The Morgan fingerprint density at radius 3 is 2.61 bits per heavy atom. The normalized spacial score (nSPS) is 20.4.